The largest absolute Gasteiger partial charge is 0.464 e. The molecule has 0 aliphatic carbocycles. The fraction of sp³-hybridized carbons (Fsp3) is 0.591. The lowest BCUT2D eigenvalue weighted by atomic mass is 10.2. The van der Waals surface area contributed by atoms with Gasteiger partial charge in [0.05, 0.1) is 6.61 Å². The number of unbranched alkanes of at least 4 members (excludes halogenated alkanes) is 3. The first-order chi connectivity index (χ1) is 12.2. The van der Waals surface area contributed by atoms with Crippen molar-refractivity contribution in [1.29, 1.82) is 0 Å². The molecule has 0 saturated heterocycles. The molecule has 1 N–H and O–H groups in total. The van der Waals surface area contributed by atoms with Crippen LogP contribution in [0.3, 0.4) is 0 Å². The van der Waals surface area contributed by atoms with Gasteiger partial charge in [-0.2, -0.15) is 0 Å². The van der Waals surface area contributed by atoms with Gasteiger partial charge in [0.25, 0.3) is 0 Å². The van der Waals surface area contributed by atoms with Crippen molar-refractivity contribution in [3.8, 4) is 0 Å². The molecule has 0 bridgehead atoms. The average Bonchev–Trinajstić information content (AvgIpc) is 2.61. The highest BCUT2D eigenvalue weighted by atomic mass is 16.5. The van der Waals surface area contributed by atoms with Crippen LogP contribution in [0.15, 0.2) is 48.6 Å². The molecule has 0 spiro atoms. The third-order valence-electron chi connectivity index (χ3n) is 3.62. The zero-order valence-corrected chi connectivity index (χ0v) is 16.0. The van der Waals surface area contributed by atoms with Crippen LogP contribution in [-0.2, 0) is 9.53 Å². The minimum Gasteiger partial charge on any atom is -0.464 e. The smallest absolute Gasteiger partial charge is 0.334 e. The number of rotatable bonds is 15. The molecule has 25 heavy (non-hydrogen) atoms. The van der Waals surface area contributed by atoms with Crippen LogP contribution in [0.2, 0.25) is 0 Å². The predicted octanol–water partition coefficient (Wildman–Crippen LogP) is 5.67. The standard InChI is InChI=1S/C22H36O3/c1-3-5-6-7-8-9-10-11-12-13-14-15-16-17-18-19-20-21(23)22(24)25-4-2/h8-9,11-12,14-15,17-18,21,23H,3-7,10,13,16,19-20H2,1-2H3. The van der Waals surface area contributed by atoms with Gasteiger partial charge in [0.15, 0.2) is 6.10 Å². The van der Waals surface area contributed by atoms with E-state index in [0.717, 1.165) is 19.3 Å². The summed E-state index contributed by atoms with van der Waals surface area (Å²) in [6.45, 7) is 4.27. The van der Waals surface area contributed by atoms with Gasteiger partial charge >= 0.3 is 5.97 Å². The molecule has 0 fully saturated rings. The monoisotopic (exact) mass is 348 g/mol. The van der Waals surface area contributed by atoms with E-state index < -0.39 is 12.1 Å². The van der Waals surface area contributed by atoms with Gasteiger partial charge in [-0.15, -0.1) is 0 Å². The van der Waals surface area contributed by atoms with Gasteiger partial charge < -0.3 is 9.84 Å². The number of allylic oxidation sites excluding steroid dienone is 8. The third kappa shape index (κ3) is 17.0. The molecule has 0 rings (SSSR count). The molecular weight excluding hydrogens is 312 g/mol. The molecular formula is C22H36O3. The summed E-state index contributed by atoms with van der Waals surface area (Å²) in [5, 5.41) is 9.53. The first kappa shape index (κ1) is 23.4. The molecule has 3 heteroatoms. The zero-order valence-electron chi connectivity index (χ0n) is 16.0. The number of aliphatic hydroxyl groups excluding tert-OH is 1. The number of carbonyl (C=O) groups is 1. The van der Waals surface area contributed by atoms with Crippen LogP contribution >= 0.6 is 0 Å². The Balaban J connectivity index is 3.56. The van der Waals surface area contributed by atoms with Gasteiger partial charge in [-0.05, 0) is 51.9 Å². The maximum atomic E-state index is 11.2. The van der Waals surface area contributed by atoms with Crippen molar-refractivity contribution in [1.82, 2.24) is 0 Å². The van der Waals surface area contributed by atoms with Crippen molar-refractivity contribution in [2.75, 3.05) is 6.61 Å². The second-order valence-electron chi connectivity index (χ2n) is 5.93. The Bertz CT molecular complexity index is 419. The van der Waals surface area contributed by atoms with E-state index in [1.54, 1.807) is 6.92 Å². The van der Waals surface area contributed by atoms with Crippen molar-refractivity contribution in [2.24, 2.45) is 0 Å². The average molecular weight is 349 g/mol. The Morgan fingerprint density at radius 3 is 1.88 bits per heavy atom. The summed E-state index contributed by atoms with van der Waals surface area (Å²) in [7, 11) is 0. The van der Waals surface area contributed by atoms with Crippen LogP contribution in [0.1, 0.15) is 71.6 Å². The maximum Gasteiger partial charge on any atom is 0.334 e. The second kappa shape index (κ2) is 18.7. The summed E-state index contributed by atoms with van der Waals surface area (Å²) in [5.41, 5.74) is 0. The summed E-state index contributed by atoms with van der Waals surface area (Å²) in [5.74, 6) is -0.529. The lowest BCUT2D eigenvalue weighted by Gasteiger charge is -2.07. The Kier molecular flexibility index (Phi) is 17.5. The van der Waals surface area contributed by atoms with Crippen LogP contribution in [-0.4, -0.2) is 23.8 Å². The number of esters is 1. The third-order valence-corrected chi connectivity index (χ3v) is 3.62. The quantitative estimate of drug-likeness (QED) is 0.236. The maximum absolute atomic E-state index is 11.2. The molecule has 0 aromatic heterocycles. The van der Waals surface area contributed by atoms with Gasteiger partial charge in [-0.25, -0.2) is 4.79 Å². The molecule has 142 valence electrons. The molecule has 0 heterocycles. The number of hydrogen-bond donors (Lipinski definition) is 1. The summed E-state index contributed by atoms with van der Waals surface area (Å²) < 4.78 is 4.75. The molecule has 0 aromatic carbocycles. The SMILES string of the molecule is CCCCCC=CCC=CCC=CCC=CCCC(O)C(=O)OCC. The summed E-state index contributed by atoms with van der Waals surface area (Å²) >= 11 is 0. The van der Waals surface area contributed by atoms with E-state index >= 15 is 0 Å². The fourth-order valence-corrected chi connectivity index (χ4v) is 2.17. The normalized spacial score (nSPS) is 13.6. The van der Waals surface area contributed by atoms with E-state index in [1.807, 2.05) is 6.08 Å². The van der Waals surface area contributed by atoms with Gasteiger partial charge in [-0.3, -0.25) is 0 Å². The molecule has 0 aliphatic rings. The molecule has 1 unspecified atom stereocenters. The lowest BCUT2D eigenvalue weighted by molar-refractivity contribution is -0.153. The van der Waals surface area contributed by atoms with Crippen molar-refractivity contribution in [2.45, 2.75) is 77.7 Å². The van der Waals surface area contributed by atoms with E-state index in [9.17, 15) is 9.90 Å². The number of hydrogen-bond acceptors (Lipinski definition) is 3. The predicted molar refractivity (Wildman–Crippen MR) is 106 cm³/mol. The van der Waals surface area contributed by atoms with Crippen molar-refractivity contribution in [3.05, 3.63) is 48.6 Å². The van der Waals surface area contributed by atoms with Crippen LogP contribution in [0, 0.1) is 0 Å². The van der Waals surface area contributed by atoms with E-state index in [0.29, 0.717) is 19.4 Å². The lowest BCUT2D eigenvalue weighted by Crippen LogP contribution is -2.22. The minimum atomic E-state index is -1.01. The Hall–Kier alpha value is -1.61. The molecule has 3 nitrogen and oxygen atoms in total. The molecule has 0 aromatic rings. The summed E-state index contributed by atoms with van der Waals surface area (Å²) in [4.78, 5) is 11.2. The Labute approximate surface area is 154 Å². The summed E-state index contributed by atoms with van der Waals surface area (Å²) in [6, 6.07) is 0. The Morgan fingerprint density at radius 2 is 1.36 bits per heavy atom. The molecule has 0 amide bonds. The minimum absolute atomic E-state index is 0.306. The number of aliphatic hydroxyl groups is 1. The van der Waals surface area contributed by atoms with Gasteiger partial charge in [-0.1, -0.05) is 68.4 Å². The van der Waals surface area contributed by atoms with Crippen molar-refractivity contribution < 1.29 is 14.6 Å². The highest BCUT2D eigenvalue weighted by molar-refractivity contribution is 5.74. The van der Waals surface area contributed by atoms with Crippen LogP contribution in [0.25, 0.3) is 0 Å². The number of carbonyl (C=O) groups excluding carboxylic acids is 1. The first-order valence-corrected chi connectivity index (χ1v) is 9.67. The van der Waals surface area contributed by atoms with E-state index in [1.165, 1.54) is 25.7 Å². The topological polar surface area (TPSA) is 46.5 Å². The van der Waals surface area contributed by atoms with E-state index in [2.05, 4.69) is 49.5 Å². The molecule has 0 aliphatic heterocycles. The first-order valence-electron chi connectivity index (χ1n) is 9.67. The number of ether oxygens (including phenoxy) is 1. The highest BCUT2D eigenvalue weighted by Crippen LogP contribution is 2.02. The van der Waals surface area contributed by atoms with Crippen molar-refractivity contribution in [3.63, 3.8) is 0 Å². The van der Waals surface area contributed by atoms with Crippen LogP contribution in [0.5, 0.6) is 0 Å². The second-order valence-corrected chi connectivity index (χ2v) is 5.93. The van der Waals surface area contributed by atoms with E-state index in [-0.39, 0.29) is 0 Å². The van der Waals surface area contributed by atoms with Crippen LogP contribution < -0.4 is 0 Å². The Morgan fingerprint density at radius 1 is 0.840 bits per heavy atom. The molecule has 0 radical (unpaired) electrons. The highest BCUT2D eigenvalue weighted by Gasteiger charge is 2.14. The zero-order chi connectivity index (χ0) is 18.6. The van der Waals surface area contributed by atoms with Crippen molar-refractivity contribution >= 4 is 5.97 Å². The van der Waals surface area contributed by atoms with Gasteiger partial charge in [0.2, 0.25) is 0 Å². The van der Waals surface area contributed by atoms with E-state index in [4.69, 9.17) is 4.74 Å². The van der Waals surface area contributed by atoms with Gasteiger partial charge in [0.1, 0.15) is 0 Å². The molecule has 1 atom stereocenters. The fourth-order valence-electron chi connectivity index (χ4n) is 2.17. The van der Waals surface area contributed by atoms with Crippen LogP contribution in [0.4, 0.5) is 0 Å². The van der Waals surface area contributed by atoms with Gasteiger partial charge in [0, 0.05) is 0 Å². The summed E-state index contributed by atoms with van der Waals surface area (Å²) in [6.07, 6.45) is 25.3. The molecule has 0 saturated carbocycles.